The number of hydrogen-bond donors (Lipinski definition) is 2. The van der Waals surface area contributed by atoms with E-state index in [2.05, 4.69) is 11.5 Å². The molecule has 0 radical (unpaired) electrons. The molecule has 4 heteroatoms. The topological polar surface area (TPSA) is 38.0 Å². The van der Waals surface area contributed by atoms with Crippen LogP contribution >= 0.6 is 23.2 Å². The first-order valence-electron chi connectivity index (χ1n) is 6.48. The lowest BCUT2D eigenvalue weighted by Crippen LogP contribution is -2.30. The van der Waals surface area contributed by atoms with Gasteiger partial charge < -0.3 is 0 Å². The second-order valence-electron chi connectivity index (χ2n) is 5.02. The Hall–Kier alpha value is -1.06. The predicted molar refractivity (Wildman–Crippen MR) is 86.1 cm³/mol. The summed E-state index contributed by atoms with van der Waals surface area (Å²) in [5, 5.41) is 1.48. The largest absolute Gasteiger partial charge is 0.271 e. The third-order valence-electron chi connectivity index (χ3n) is 3.45. The maximum atomic E-state index is 6.29. The highest BCUT2D eigenvalue weighted by molar-refractivity contribution is 6.31. The lowest BCUT2D eigenvalue weighted by molar-refractivity contribution is 0.549. The molecule has 0 saturated carbocycles. The van der Waals surface area contributed by atoms with Crippen molar-refractivity contribution in [2.75, 3.05) is 0 Å². The molecule has 0 aliphatic heterocycles. The average Bonchev–Trinajstić information content (AvgIpc) is 2.41. The molecular formula is C16H18Cl2N2. The van der Waals surface area contributed by atoms with Gasteiger partial charge in [-0.1, -0.05) is 41.4 Å². The second kappa shape index (κ2) is 6.59. The summed E-state index contributed by atoms with van der Waals surface area (Å²) >= 11 is 12.4. The predicted octanol–water partition coefficient (Wildman–Crippen LogP) is 4.36. The van der Waals surface area contributed by atoms with Crippen molar-refractivity contribution >= 4 is 23.2 Å². The Bertz CT molecular complexity index is 611. The number of nitrogens with one attached hydrogen (secondary N) is 1. The van der Waals surface area contributed by atoms with E-state index in [-0.39, 0.29) is 6.04 Å². The van der Waals surface area contributed by atoms with E-state index in [1.807, 2.05) is 44.2 Å². The Labute approximate surface area is 129 Å². The minimum absolute atomic E-state index is 0.0195. The van der Waals surface area contributed by atoms with Crippen molar-refractivity contribution < 1.29 is 0 Å². The summed E-state index contributed by atoms with van der Waals surface area (Å²) in [5.41, 5.74) is 7.32. The van der Waals surface area contributed by atoms with Gasteiger partial charge >= 0.3 is 0 Å². The summed E-state index contributed by atoms with van der Waals surface area (Å²) in [6.07, 6.45) is 0.719. The zero-order chi connectivity index (χ0) is 14.7. The summed E-state index contributed by atoms with van der Waals surface area (Å²) in [6.45, 7) is 4.07. The molecule has 2 nitrogen and oxygen atoms in total. The lowest BCUT2D eigenvalue weighted by Gasteiger charge is -2.20. The van der Waals surface area contributed by atoms with Crippen LogP contribution in [0.1, 0.15) is 28.3 Å². The van der Waals surface area contributed by atoms with Crippen LogP contribution in [0.3, 0.4) is 0 Å². The lowest BCUT2D eigenvalue weighted by atomic mass is 9.95. The van der Waals surface area contributed by atoms with Crippen LogP contribution in [-0.2, 0) is 6.42 Å². The molecule has 0 aliphatic carbocycles. The summed E-state index contributed by atoms with van der Waals surface area (Å²) in [4.78, 5) is 0. The van der Waals surface area contributed by atoms with Gasteiger partial charge in [-0.25, -0.2) is 0 Å². The Kier molecular flexibility index (Phi) is 5.06. The molecule has 1 atom stereocenters. The van der Waals surface area contributed by atoms with Crippen molar-refractivity contribution in [2.45, 2.75) is 26.3 Å². The minimum atomic E-state index is -0.0195. The first-order valence-corrected chi connectivity index (χ1v) is 7.24. The molecule has 2 aromatic rings. The van der Waals surface area contributed by atoms with Gasteiger partial charge in [0.1, 0.15) is 0 Å². The zero-order valence-corrected chi connectivity index (χ0v) is 13.1. The Morgan fingerprint density at radius 3 is 2.50 bits per heavy atom. The fourth-order valence-electron chi connectivity index (χ4n) is 2.28. The number of aryl methyl sites for hydroxylation is 2. The maximum Gasteiger partial charge on any atom is 0.0503 e. The van der Waals surface area contributed by atoms with E-state index >= 15 is 0 Å². The second-order valence-corrected chi connectivity index (χ2v) is 5.86. The number of halogens is 2. The average molecular weight is 309 g/mol. The summed E-state index contributed by atoms with van der Waals surface area (Å²) in [7, 11) is 0. The van der Waals surface area contributed by atoms with E-state index in [9.17, 15) is 0 Å². The zero-order valence-electron chi connectivity index (χ0n) is 11.6. The van der Waals surface area contributed by atoms with Gasteiger partial charge in [0.2, 0.25) is 0 Å². The molecule has 0 amide bonds. The summed E-state index contributed by atoms with van der Waals surface area (Å²) in [6, 6.07) is 11.9. The first kappa shape index (κ1) is 15.3. The molecule has 0 bridgehead atoms. The van der Waals surface area contributed by atoms with Crippen LogP contribution in [0, 0.1) is 13.8 Å². The van der Waals surface area contributed by atoms with E-state index in [4.69, 9.17) is 29.0 Å². The molecule has 0 spiro atoms. The fraction of sp³-hybridized carbons (Fsp3) is 0.250. The number of hydrogen-bond acceptors (Lipinski definition) is 2. The number of nitrogens with two attached hydrogens (primary N) is 1. The molecule has 20 heavy (non-hydrogen) atoms. The third kappa shape index (κ3) is 3.53. The highest BCUT2D eigenvalue weighted by Gasteiger charge is 2.15. The Morgan fingerprint density at radius 2 is 1.85 bits per heavy atom. The van der Waals surface area contributed by atoms with Crippen molar-refractivity contribution in [1.82, 2.24) is 5.43 Å². The number of hydrazine groups is 1. The van der Waals surface area contributed by atoms with Crippen LogP contribution < -0.4 is 11.3 Å². The SMILES string of the molecule is Cc1ccc(CC(NN)c2cc(Cl)ccc2C)c(Cl)c1. The van der Waals surface area contributed by atoms with E-state index in [1.165, 1.54) is 0 Å². The van der Waals surface area contributed by atoms with Crippen molar-refractivity contribution in [3.8, 4) is 0 Å². The number of rotatable bonds is 4. The Morgan fingerprint density at radius 1 is 1.10 bits per heavy atom. The standard InChI is InChI=1S/C16H18Cl2N2/c1-10-3-5-12(15(18)7-10)8-16(20-19)14-9-13(17)6-4-11(14)2/h3-7,9,16,20H,8,19H2,1-2H3. The van der Waals surface area contributed by atoms with Gasteiger partial charge in [-0.05, 0) is 60.7 Å². The molecule has 2 rings (SSSR count). The van der Waals surface area contributed by atoms with Gasteiger partial charge in [-0.3, -0.25) is 11.3 Å². The van der Waals surface area contributed by atoms with E-state index in [0.717, 1.165) is 33.7 Å². The highest BCUT2D eigenvalue weighted by Crippen LogP contribution is 2.27. The van der Waals surface area contributed by atoms with Crippen LogP contribution in [0.5, 0.6) is 0 Å². The normalized spacial score (nSPS) is 12.4. The van der Waals surface area contributed by atoms with Gasteiger partial charge in [-0.15, -0.1) is 0 Å². The molecule has 0 aromatic heterocycles. The summed E-state index contributed by atoms with van der Waals surface area (Å²) < 4.78 is 0. The van der Waals surface area contributed by atoms with Gasteiger partial charge in [0.15, 0.2) is 0 Å². The molecule has 1 unspecified atom stereocenters. The highest BCUT2D eigenvalue weighted by atomic mass is 35.5. The van der Waals surface area contributed by atoms with E-state index in [0.29, 0.717) is 5.02 Å². The molecule has 3 N–H and O–H groups in total. The third-order valence-corrected chi connectivity index (χ3v) is 4.04. The van der Waals surface area contributed by atoms with E-state index < -0.39 is 0 Å². The van der Waals surface area contributed by atoms with Crippen molar-refractivity contribution in [3.05, 3.63) is 68.7 Å². The van der Waals surface area contributed by atoms with Crippen LogP contribution in [0.2, 0.25) is 10.0 Å². The number of benzene rings is 2. The summed E-state index contributed by atoms with van der Waals surface area (Å²) in [5.74, 6) is 5.72. The molecule has 106 valence electrons. The fourth-order valence-corrected chi connectivity index (χ4v) is 2.78. The molecule has 0 aliphatic rings. The smallest absolute Gasteiger partial charge is 0.0503 e. The first-order chi connectivity index (χ1) is 9.51. The minimum Gasteiger partial charge on any atom is -0.271 e. The molecule has 0 saturated heterocycles. The van der Waals surface area contributed by atoms with Crippen molar-refractivity contribution in [3.63, 3.8) is 0 Å². The van der Waals surface area contributed by atoms with Gasteiger partial charge in [-0.2, -0.15) is 0 Å². The van der Waals surface area contributed by atoms with E-state index in [1.54, 1.807) is 0 Å². The van der Waals surface area contributed by atoms with Crippen LogP contribution in [0.4, 0.5) is 0 Å². The quantitative estimate of drug-likeness (QED) is 0.650. The molecule has 0 fully saturated rings. The Balaban J connectivity index is 2.31. The van der Waals surface area contributed by atoms with Gasteiger partial charge in [0.25, 0.3) is 0 Å². The monoisotopic (exact) mass is 308 g/mol. The molecule has 0 heterocycles. The van der Waals surface area contributed by atoms with Crippen molar-refractivity contribution in [2.24, 2.45) is 5.84 Å². The van der Waals surface area contributed by atoms with Crippen LogP contribution in [-0.4, -0.2) is 0 Å². The van der Waals surface area contributed by atoms with Crippen molar-refractivity contribution in [1.29, 1.82) is 0 Å². The van der Waals surface area contributed by atoms with Gasteiger partial charge in [0, 0.05) is 10.0 Å². The van der Waals surface area contributed by atoms with Crippen LogP contribution in [0.25, 0.3) is 0 Å². The van der Waals surface area contributed by atoms with Crippen LogP contribution in [0.15, 0.2) is 36.4 Å². The molecular weight excluding hydrogens is 291 g/mol. The molecule has 2 aromatic carbocycles. The maximum absolute atomic E-state index is 6.29. The van der Waals surface area contributed by atoms with Gasteiger partial charge in [0.05, 0.1) is 6.04 Å².